The Balaban J connectivity index is 1.74. The van der Waals surface area contributed by atoms with Gasteiger partial charge in [0.25, 0.3) is 5.91 Å². The van der Waals surface area contributed by atoms with Crippen LogP contribution in [0.5, 0.6) is 5.75 Å². The van der Waals surface area contributed by atoms with E-state index in [9.17, 15) is 15.0 Å². The fourth-order valence-electron chi connectivity index (χ4n) is 4.40. The maximum absolute atomic E-state index is 13.4. The van der Waals surface area contributed by atoms with Crippen LogP contribution in [0.4, 0.5) is 0 Å². The molecule has 0 bridgehead atoms. The summed E-state index contributed by atoms with van der Waals surface area (Å²) >= 11 is 0. The maximum Gasteiger partial charge on any atom is 0.256 e. The number of hydrogen-bond donors (Lipinski definition) is 3. The number of carbonyl (C=O) groups excluding carboxylic acids is 1. The maximum atomic E-state index is 13.4. The standard InChI is InChI=1S/C26H28N2O4/c1-32-21-14-12-19(13-15-21)24(30)18-27-26(20-8-3-2-4-9-20)23-11-6-5-10-22(23)25(31)28(26)16-7-17-29/h2-6,8-15,24,27,29-30H,7,16-18H2,1H3. The van der Waals surface area contributed by atoms with E-state index in [1.807, 2.05) is 78.9 Å². The van der Waals surface area contributed by atoms with Gasteiger partial charge in [0.15, 0.2) is 0 Å². The Kier molecular flexibility index (Phi) is 6.55. The summed E-state index contributed by atoms with van der Waals surface area (Å²) in [5.74, 6) is 0.629. The minimum absolute atomic E-state index is 0.0144. The molecule has 0 aliphatic carbocycles. The molecule has 1 aliphatic rings. The second-order valence-corrected chi connectivity index (χ2v) is 7.83. The van der Waals surface area contributed by atoms with Gasteiger partial charge in [-0.1, -0.05) is 60.7 Å². The molecule has 0 saturated heterocycles. The van der Waals surface area contributed by atoms with Gasteiger partial charge in [-0.25, -0.2) is 0 Å². The van der Waals surface area contributed by atoms with E-state index in [0.29, 0.717) is 18.5 Å². The van der Waals surface area contributed by atoms with Gasteiger partial charge in [0.1, 0.15) is 11.4 Å². The lowest BCUT2D eigenvalue weighted by molar-refractivity contribution is 0.0480. The minimum Gasteiger partial charge on any atom is -0.497 e. The number of methoxy groups -OCH3 is 1. The summed E-state index contributed by atoms with van der Waals surface area (Å²) in [5, 5.41) is 23.9. The molecule has 3 aromatic carbocycles. The van der Waals surface area contributed by atoms with Crippen LogP contribution in [0.2, 0.25) is 0 Å². The molecule has 0 aromatic heterocycles. The first-order valence-electron chi connectivity index (χ1n) is 10.8. The van der Waals surface area contributed by atoms with Crippen molar-refractivity contribution in [2.75, 3.05) is 26.8 Å². The first kappa shape index (κ1) is 22.0. The Morgan fingerprint density at radius 3 is 2.38 bits per heavy atom. The number of hydrogen-bond acceptors (Lipinski definition) is 5. The predicted octanol–water partition coefficient (Wildman–Crippen LogP) is 3.06. The Morgan fingerprint density at radius 1 is 1.00 bits per heavy atom. The highest BCUT2D eigenvalue weighted by atomic mass is 16.5. The third-order valence-corrected chi connectivity index (χ3v) is 5.98. The molecule has 2 unspecified atom stereocenters. The van der Waals surface area contributed by atoms with E-state index in [0.717, 1.165) is 22.4 Å². The zero-order valence-corrected chi connectivity index (χ0v) is 18.1. The van der Waals surface area contributed by atoms with Crippen LogP contribution in [-0.2, 0) is 5.66 Å². The van der Waals surface area contributed by atoms with Gasteiger partial charge in [-0.3, -0.25) is 10.1 Å². The number of rotatable bonds is 9. The number of amides is 1. The molecule has 0 radical (unpaired) electrons. The normalized spacial score (nSPS) is 18.5. The van der Waals surface area contributed by atoms with Crippen molar-refractivity contribution in [3.63, 3.8) is 0 Å². The Labute approximate surface area is 188 Å². The number of nitrogens with zero attached hydrogens (tertiary/aromatic N) is 1. The highest BCUT2D eigenvalue weighted by Crippen LogP contribution is 2.42. The number of ether oxygens (including phenoxy) is 1. The average Bonchev–Trinajstić information content (AvgIpc) is 3.10. The van der Waals surface area contributed by atoms with Crippen molar-refractivity contribution in [2.24, 2.45) is 0 Å². The number of aliphatic hydroxyl groups excluding tert-OH is 2. The largest absolute Gasteiger partial charge is 0.497 e. The van der Waals surface area contributed by atoms with E-state index in [4.69, 9.17) is 4.74 Å². The van der Waals surface area contributed by atoms with Gasteiger partial charge < -0.3 is 19.8 Å². The lowest BCUT2D eigenvalue weighted by Gasteiger charge is -2.41. The van der Waals surface area contributed by atoms with Crippen LogP contribution in [0.25, 0.3) is 0 Å². The van der Waals surface area contributed by atoms with Crippen LogP contribution in [0.3, 0.4) is 0 Å². The van der Waals surface area contributed by atoms with E-state index in [1.54, 1.807) is 12.0 Å². The van der Waals surface area contributed by atoms with Crippen molar-refractivity contribution in [2.45, 2.75) is 18.2 Å². The van der Waals surface area contributed by atoms with Gasteiger partial charge in [-0.2, -0.15) is 0 Å². The summed E-state index contributed by atoms with van der Waals surface area (Å²) in [6, 6.07) is 24.6. The van der Waals surface area contributed by atoms with Crippen LogP contribution < -0.4 is 10.1 Å². The predicted molar refractivity (Wildman–Crippen MR) is 122 cm³/mol. The number of aliphatic hydroxyl groups is 2. The molecule has 1 aliphatic heterocycles. The highest BCUT2D eigenvalue weighted by molar-refractivity contribution is 6.00. The van der Waals surface area contributed by atoms with Gasteiger partial charge >= 0.3 is 0 Å². The van der Waals surface area contributed by atoms with Crippen molar-refractivity contribution in [3.8, 4) is 5.75 Å². The first-order chi connectivity index (χ1) is 15.6. The lowest BCUT2D eigenvalue weighted by atomic mass is 9.90. The molecule has 0 fully saturated rings. The minimum atomic E-state index is -0.947. The number of nitrogens with one attached hydrogen (secondary N) is 1. The third kappa shape index (κ3) is 3.88. The number of fused-ring (bicyclic) bond motifs is 1. The molecular formula is C26H28N2O4. The first-order valence-corrected chi connectivity index (χ1v) is 10.8. The van der Waals surface area contributed by atoms with Crippen molar-refractivity contribution in [1.82, 2.24) is 10.2 Å². The third-order valence-electron chi connectivity index (χ3n) is 5.98. The van der Waals surface area contributed by atoms with E-state index in [2.05, 4.69) is 5.32 Å². The van der Waals surface area contributed by atoms with Gasteiger partial charge in [-0.05, 0) is 35.7 Å². The van der Waals surface area contributed by atoms with E-state index in [-0.39, 0.29) is 19.1 Å². The fourth-order valence-corrected chi connectivity index (χ4v) is 4.40. The van der Waals surface area contributed by atoms with Gasteiger partial charge in [-0.15, -0.1) is 0 Å². The Hall–Kier alpha value is -3.19. The van der Waals surface area contributed by atoms with Crippen LogP contribution >= 0.6 is 0 Å². The molecule has 4 rings (SSSR count). The number of benzene rings is 3. The molecule has 0 spiro atoms. The summed E-state index contributed by atoms with van der Waals surface area (Å²) in [5.41, 5.74) is 2.17. The molecule has 32 heavy (non-hydrogen) atoms. The van der Waals surface area contributed by atoms with Gasteiger partial charge in [0.2, 0.25) is 0 Å². The summed E-state index contributed by atoms with van der Waals surface area (Å²) in [6.45, 7) is 0.586. The fraction of sp³-hybridized carbons (Fsp3) is 0.269. The van der Waals surface area contributed by atoms with Crippen molar-refractivity contribution in [3.05, 3.63) is 101 Å². The van der Waals surface area contributed by atoms with Crippen LogP contribution in [0.15, 0.2) is 78.9 Å². The number of carbonyl (C=O) groups is 1. The van der Waals surface area contributed by atoms with E-state index >= 15 is 0 Å². The quantitative estimate of drug-likeness (QED) is 0.484. The zero-order chi connectivity index (χ0) is 22.6. The molecule has 3 aromatic rings. The molecular weight excluding hydrogens is 404 g/mol. The monoisotopic (exact) mass is 432 g/mol. The van der Waals surface area contributed by atoms with Crippen LogP contribution in [-0.4, -0.2) is 47.8 Å². The summed E-state index contributed by atoms with van der Waals surface area (Å²) < 4.78 is 5.20. The molecule has 3 N–H and O–H groups in total. The smallest absolute Gasteiger partial charge is 0.256 e. The van der Waals surface area contributed by atoms with Gasteiger partial charge in [0, 0.05) is 30.8 Å². The lowest BCUT2D eigenvalue weighted by Crippen LogP contribution is -2.56. The second kappa shape index (κ2) is 9.53. The van der Waals surface area contributed by atoms with Gasteiger partial charge in [0.05, 0.1) is 13.2 Å². The topological polar surface area (TPSA) is 82.0 Å². The SMILES string of the molecule is COc1ccc(C(O)CNC2(c3ccccc3)c3ccccc3C(=O)N2CCCO)cc1. The molecule has 166 valence electrons. The molecule has 1 amide bonds. The van der Waals surface area contributed by atoms with Crippen LogP contribution in [0, 0.1) is 0 Å². The Bertz CT molecular complexity index is 1050. The molecule has 6 nitrogen and oxygen atoms in total. The van der Waals surface area contributed by atoms with Crippen LogP contribution in [0.1, 0.15) is 39.6 Å². The molecule has 1 heterocycles. The molecule has 0 saturated carbocycles. The van der Waals surface area contributed by atoms with E-state index < -0.39 is 11.8 Å². The Morgan fingerprint density at radius 2 is 1.69 bits per heavy atom. The van der Waals surface area contributed by atoms with Crippen molar-refractivity contribution in [1.29, 1.82) is 0 Å². The zero-order valence-electron chi connectivity index (χ0n) is 18.1. The molecule has 2 atom stereocenters. The highest BCUT2D eigenvalue weighted by Gasteiger charge is 2.50. The summed E-state index contributed by atoms with van der Waals surface area (Å²) in [7, 11) is 1.60. The second-order valence-electron chi connectivity index (χ2n) is 7.83. The van der Waals surface area contributed by atoms with Crippen molar-refractivity contribution < 1.29 is 19.7 Å². The van der Waals surface area contributed by atoms with E-state index in [1.165, 1.54) is 0 Å². The van der Waals surface area contributed by atoms with Crippen molar-refractivity contribution >= 4 is 5.91 Å². The summed E-state index contributed by atoms with van der Waals surface area (Å²) in [6.07, 6.45) is -0.333. The summed E-state index contributed by atoms with van der Waals surface area (Å²) in [4.78, 5) is 15.2. The molecule has 6 heteroatoms. The average molecular weight is 433 g/mol.